The van der Waals surface area contributed by atoms with E-state index in [0.29, 0.717) is 0 Å². The van der Waals surface area contributed by atoms with Crippen LogP contribution in [0.5, 0.6) is 0 Å². The van der Waals surface area contributed by atoms with Crippen molar-refractivity contribution < 1.29 is 144 Å². The van der Waals surface area contributed by atoms with Crippen LogP contribution in [0.25, 0.3) is 0 Å². The Bertz CT molecular complexity index is 1490. The van der Waals surface area contributed by atoms with Gasteiger partial charge in [0.05, 0.1) is 13.2 Å². The lowest BCUT2D eigenvalue weighted by Crippen LogP contribution is -2.66. The molecule has 0 aliphatic carbocycles. The van der Waals surface area contributed by atoms with Gasteiger partial charge < -0.3 is 18.9 Å². The Kier molecular flexibility index (Phi) is 20.3. The maximum atomic E-state index is 12.0. The largest absolute Gasteiger partial charge is 0.397 e. The normalized spacial score (nSPS) is 30.8. The third-order valence-electron chi connectivity index (χ3n) is 5.56. The number of methoxy groups -OCH3 is 1. The van der Waals surface area contributed by atoms with Gasteiger partial charge in [0.25, 0.3) is 0 Å². The summed E-state index contributed by atoms with van der Waals surface area (Å²) in [6.07, 6.45) is -22.5. The van der Waals surface area contributed by atoms with Crippen LogP contribution in [0.3, 0.4) is 0 Å². The molecule has 0 aromatic heterocycles. The molecule has 2 fully saturated rings. The van der Waals surface area contributed by atoms with E-state index in [4.69, 9.17) is 56.4 Å². The minimum Gasteiger partial charge on any atom is -0.353 e. The smallest absolute Gasteiger partial charge is 0.353 e. The van der Waals surface area contributed by atoms with Crippen molar-refractivity contribution in [3.8, 4) is 0 Å². The molecule has 2 aliphatic heterocycles. The molecule has 310 valence electrons. The highest BCUT2D eigenvalue weighted by molar-refractivity contribution is 7.90. The van der Waals surface area contributed by atoms with Gasteiger partial charge in [0.2, 0.25) is 0 Å². The summed E-state index contributed by atoms with van der Waals surface area (Å²) in [6, 6.07) is 0. The number of hydrogen-bond acceptors (Lipinski definition) is 31. The molecule has 52 heavy (non-hydrogen) atoms. The van der Waals surface area contributed by atoms with Crippen LogP contribution in [-0.2, 0) is 118 Å². The molecule has 2 aliphatic rings. The molecule has 0 spiro atoms. The number of rotatable bonds is 25. The Balaban J connectivity index is 2.79. The third-order valence-corrected chi connectivity index (χ3v) is 8.61. The second kappa shape index (κ2) is 22.0. The summed E-state index contributed by atoms with van der Waals surface area (Å²) in [5.41, 5.74) is 0. The van der Waals surface area contributed by atoms with Crippen LogP contribution in [0.15, 0.2) is 0 Å². The average Bonchev–Trinajstić information content (AvgIpc) is 3.01. The van der Waals surface area contributed by atoms with Gasteiger partial charge in [-0.2, -0.15) is 33.7 Å². The molecule has 0 bridgehead atoms. The lowest BCUT2D eigenvalue weighted by Gasteiger charge is -2.48. The van der Waals surface area contributed by atoms with E-state index in [1.54, 1.807) is 0 Å². The van der Waals surface area contributed by atoms with E-state index in [2.05, 4.69) is 44.8 Å². The van der Waals surface area contributed by atoms with E-state index in [1.165, 1.54) is 0 Å². The van der Waals surface area contributed by atoms with Crippen molar-refractivity contribution in [2.24, 2.45) is 0 Å². The summed E-state index contributed by atoms with van der Waals surface area (Å²) in [5, 5.41) is 35.5. The molecule has 0 aromatic rings. The van der Waals surface area contributed by atoms with Gasteiger partial charge in [0.1, 0.15) is 36.6 Å². The van der Waals surface area contributed by atoms with Gasteiger partial charge in [-0.05, 0) is 0 Å². The van der Waals surface area contributed by atoms with Gasteiger partial charge >= 0.3 is 41.6 Å². The van der Waals surface area contributed by atoms with Gasteiger partial charge in [0.15, 0.2) is 61.8 Å². The highest BCUT2D eigenvalue weighted by atomic mass is 32.3. The SMILES string of the molecule is CO[C@@H]1OC(COS(=O)(=O)O)[C@H](O[C@@H]2OC(COS(=O)(=O)O)[C@H](OSOOO)[C@H](OSOOO)C2OS(=O)(=O)O)[C@H](OSOOO)C1OS(=O)(=O)O. The first-order valence-corrected chi connectivity index (χ1v) is 19.5. The standard InChI is InChI=1S/C13H24O32S7/c1-29-12-10(38-51(23,24)25)8(36-47-44-41-15)6(4(32-12)2-30-49(17,18)19)34-13-11(39-52(26,27)28)9(37-48-45-42-16)7(35-46-43-40-14)5(33-13)3-31-50(20,21)22/h4-16H,2-3H2,1H3,(H,17,18,19)(H,20,21,22)(H,23,24,25)(H,26,27,28)/t4?,5?,6-,7-,8-,9-,10?,11?,12+,13-/m0/s1. The van der Waals surface area contributed by atoms with Gasteiger partial charge in [-0.15, -0.1) is 13.0 Å². The molecule has 2 saturated heterocycles. The quantitative estimate of drug-likeness (QED) is 0.0165. The average molecular weight is 917 g/mol. The highest BCUT2D eigenvalue weighted by Gasteiger charge is 2.57. The van der Waals surface area contributed by atoms with Gasteiger partial charge in [0, 0.05) is 7.11 Å². The van der Waals surface area contributed by atoms with E-state index < -0.39 is 116 Å². The molecule has 0 aromatic carbocycles. The van der Waals surface area contributed by atoms with Gasteiger partial charge in [-0.3, -0.25) is 30.8 Å². The molecular formula is C13H24O32S7. The minimum absolute atomic E-state index is 0.310. The zero-order chi connectivity index (χ0) is 39.3. The van der Waals surface area contributed by atoms with Crippen molar-refractivity contribution in [3.63, 3.8) is 0 Å². The van der Waals surface area contributed by atoms with Crippen molar-refractivity contribution in [3.05, 3.63) is 0 Å². The van der Waals surface area contributed by atoms with Crippen LogP contribution >= 0.6 is 37.0 Å². The second-order valence-electron chi connectivity index (χ2n) is 8.64. The summed E-state index contributed by atoms with van der Waals surface area (Å²) in [6.45, 7) is -2.72. The lowest BCUT2D eigenvalue weighted by atomic mass is 9.97. The highest BCUT2D eigenvalue weighted by Crippen LogP contribution is 2.38. The van der Waals surface area contributed by atoms with E-state index in [0.717, 1.165) is 7.11 Å². The maximum Gasteiger partial charge on any atom is 0.397 e. The zero-order valence-corrected chi connectivity index (χ0v) is 30.1. The Morgan fingerprint density at radius 1 is 0.519 bits per heavy atom. The van der Waals surface area contributed by atoms with Crippen molar-refractivity contribution in [1.82, 2.24) is 0 Å². The fourth-order valence-electron chi connectivity index (χ4n) is 3.99. The molecule has 39 heteroatoms. The van der Waals surface area contributed by atoms with Crippen LogP contribution in [0.4, 0.5) is 0 Å². The van der Waals surface area contributed by atoms with Crippen LogP contribution < -0.4 is 0 Å². The second-order valence-corrected chi connectivity index (χ2v) is 14.3. The van der Waals surface area contributed by atoms with Crippen LogP contribution in [0.2, 0.25) is 0 Å². The fourth-order valence-corrected chi connectivity index (χ4v) is 6.68. The molecule has 2 heterocycles. The molecule has 0 radical (unpaired) electrons. The van der Waals surface area contributed by atoms with Crippen LogP contribution in [0.1, 0.15) is 0 Å². The maximum absolute atomic E-state index is 12.0. The van der Waals surface area contributed by atoms with E-state index >= 15 is 0 Å². The summed E-state index contributed by atoms with van der Waals surface area (Å²) in [5.74, 6) is 0. The Morgan fingerprint density at radius 3 is 1.27 bits per heavy atom. The Labute approximate surface area is 303 Å². The summed E-state index contributed by atoms with van der Waals surface area (Å²) in [4.78, 5) is 0. The topological polar surface area (TPSA) is 435 Å². The predicted octanol–water partition coefficient (Wildman–Crippen LogP) is -2.41. The molecule has 2 rings (SSSR count). The van der Waals surface area contributed by atoms with E-state index in [1.807, 2.05) is 0 Å². The minimum atomic E-state index is -5.71. The molecule has 4 unspecified atom stereocenters. The first kappa shape index (κ1) is 48.0. The zero-order valence-electron chi connectivity index (χ0n) is 24.4. The summed E-state index contributed by atoms with van der Waals surface area (Å²) in [7, 11) is -21.1. The molecular weight excluding hydrogens is 893 g/mol. The first-order valence-electron chi connectivity index (χ1n) is 12.1. The van der Waals surface area contributed by atoms with Crippen LogP contribution in [0, 0.1) is 0 Å². The van der Waals surface area contributed by atoms with Crippen LogP contribution in [-0.4, -0.2) is 149 Å². The molecule has 7 N–H and O–H groups in total. The fraction of sp³-hybridized carbons (Fsp3) is 1.00. The van der Waals surface area contributed by atoms with E-state index in [-0.39, 0.29) is 37.0 Å². The monoisotopic (exact) mass is 916 g/mol. The first-order chi connectivity index (χ1) is 24.1. The number of hydrogen-bond donors (Lipinski definition) is 7. The molecule has 32 nitrogen and oxygen atoms in total. The van der Waals surface area contributed by atoms with Crippen molar-refractivity contribution in [1.29, 1.82) is 0 Å². The molecule has 0 amide bonds. The van der Waals surface area contributed by atoms with Gasteiger partial charge in [-0.1, -0.05) is 15.1 Å². The van der Waals surface area contributed by atoms with Crippen molar-refractivity contribution >= 4 is 78.6 Å². The summed E-state index contributed by atoms with van der Waals surface area (Å²) < 4.78 is 197. The lowest BCUT2D eigenvalue weighted by molar-refractivity contribution is -0.436. The Morgan fingerprint density at radius 2 is 0.885 bits per heavy atom. The third kappa shape index (κ3) is 17.4. The molecule has 10 atom stereocenters. The number of ether oxygens (including phenoxy) is 4. The van der Waals surface area contributed by atoms with Crippen molar-refractivity contribution in [2.45, 2.75) is 61.4 Å². The van der Waals surface area contributed by atoms with E-state index in [9.17, 15) is 42.8 Å². The Hall–Kier alpha value is -0.110. The molecule has 0 saturated carbocycles. The summed E-state index contributed by atoms with van der Waals surface area (Å²) >= 11 is -1.04. The van der Waals surface area contributed by atoms with Crippen molar-refractivity contribution in [2.75, 3.05) is 20.3 Å². The van der Waals surface area contributed by atoms with Gasteiger partial charge in [-0.25, -0.2) is 32.5 Å². The predicted molar refractivity (Wildman–Crippen MR) is 149 cm³/mol.